The van der Waals surface area contributed by atoms with Crippen LogP contribution in [0.1, 0.15) is 19.4 Å². The molecule has 0 amide bonds. The van der Waals surface area contributed by atoms with E-state index < -0.39 is 5.82 Å². The monoisotopic (exact) mass is 316 g/mol. The van der Waals surface area contributed by atoms with Crippen molar-refractivity contribution in [2.45, 2.75) is 26.4 Å². The molecule has 2 N–H and O–H groups in total. The van der Waals surface area contributed by atoms with Gasteiger partial charge in [-0.1, -0.05) is 6.07 Å². The molecule has 23 heavy (non-hydrogen) atoms. The summed E-state index contributed by atoms with van der Waals surface area (Å²) >= 11 is 0. The Labute approximate surface area is 135 Å². The van der Waals surface area contributed by atoms with Gasteiger partial charge in [0, 0.05) is 25.8 Å². The van der Waals surface area contributed by atoms with Crippen molar-refractivity contribution in [2.24, 2.45) is 4.99 Å². The molecule has 0 fully saturated rings. The van der Waals surface area contributed by atoms with Crippen molar-refractivity contribution in [1.29, 1.82) is 0 Å². The maximum atomic E-state index is 14.1. The number of hydrogen-bond donors (Lipinski definition) is 2. The summed E-state index contributed by atoms with van der Waals surface area (Å²) in [6, 6.07) is 8.60. The Morgan fingerprint density at radius 1 is 1.35 bits per heavy atom. The summed E-state index contributed by atoms with van der Waals surface area (Å²) in [6.07, 6.45) is 3.17. The molecule has 5 nitrogen and oxygen atoms in total. The summed E-state index contributed by atoms with van der Waals surface area (Å²) in [6.45, 7) is 4.52. The lowest BCUT2D eigenvalue weighted by atomic mass is 10.2. The van der Waals surface area contributed by atoms with Crippen LogP contribution in [0.5, 0.6) is 11.5 Å². The van der Waals surface area contributed by atoms with Gasteiger partial charge in [-0.3, -0.25) is 9.98 Å². The third-order valence-electron chi connectivity index (χ3n) is 2.97. The molecule has 0 saturated carbocycles. The van der Waals surface area contributed by atoms with E-state index in [2.05, 4.69) is 20.6 Å². The van der Waals surface area contributed by atoms with Gasteiger partial charge < -0.3 is 15.4 Å². The van der Waals surface area contributed by atoms with Crippen molar-refractivity contribution < 1.29 is 9.13 Å². The fourth-order valence-corrected chi connectivity index (χ4v) is 1.93. The Kier molecular flexibility index (Phi) is 5.91. The number of guanidine groups is 1. The minimum absolute atomic E-state index is 0.173. The van der Waals surface area contributed by atoms with Crippen LogP contribution < -0.4 is 15.4 Å². The molecule has 122 valence electrons. The number of halogens is 1. The maximum absolute atomic E-state index is 14.1. The van der Waals surface area contributed by atoms with E-state index in [1.54, 1.807) is 31.4 Å². The second kappa shape index (κ2) is 8.12. The number of hydrogen-bond acceptors (Lipinski definition) is 3. The number of pyridine rings is 1. The van der Waals surface area contributed by atoms with E-state index in [9.17, 15) is 4.39 Å². The van der Waals surface area contributed by atoms with Gasteiger partial charge in [-0.15, -0.1) is 0 Å². The minimum atomic E-state index is -0.417. The van der Waals surface area contributed by atoms with E-state index in [1.807, 2.05) is 19.9 Å². The highest BCUT2D eigenvalue weighted by molar-refractivity contribution is 5.79. The molecule has 0 bridgehead atoms. The van der Waals surface area contributed by atoms with Crippen molar-refractivity contribution >= 4 is 5.96 Å². The Hall–Kier alpha value is -2.63. The van der Waals surface area contributed by atoms with Crippen LogP contribution in [0.4, 0.5) is 4.39 Å². The molecule has 1 heterocycles. The van der Waals surface area contributed by atoms with Crippen molar-refractivity contribution in [3.63, 3.8) is 0 Å². The largest absolute Gasteiger partial charge is 0.453 e. The summed E-state index contributed by atoms with van der Waals surface area (Å²) in [7, 11) is 1.70. The minimum Gasteiger partial charge on any atom is -0.453 e. The van der Waals surface area contributed by atoms with Gasteiger partial charge in [-0.05, 0) is 43.7 Å². The van der Waals surface area contributed by atoms with Gasteiger partial charge >= 0.3 is 0 Å². The fraction of sp³-hybridized carbons (Fsp3) is 0.294. The van der Waals surface area contributed by atoms with E-state index in [0.29, 0.717) is 18.3 Å². The quantitative estimate of drug-likeness (QED) is 0.657. The molecule has 2 rings (SSSR count). The second-order valence-corrected chi connectivity index (χ2v) is 5.28. The van der Waals surface area contributed by atoms with Gasteiger partial charge in [0.05, 0.1) is 6.20 Å². The number of aliphatic imine (C=N–C) groups is 1. The normalized spacial score (nSPS) is 11.4. The highest BCUT2D eigenvalue weighted by Gasteiger charge is 2.07. The van der Waals surface area contributed by atoms with E-state index in [4.69, 9.17) is 4.74 Å². The first kappa shape index (κ1) is 16.7. The number of ether oxygens (including phenoxy) is 1. The van der Waals surface area contributed by atoms with Gasteiger partial charge in [0.25, 0.3) is 0 Å². The molecule has 0 aliphatic carbocycles. The van der Waals surface area contributed by atoms with Crippen molar-refractivity contribution in [2.75, 3.05) is 7.05 Å². The summed E-state index contributed by atoms with van der Waals surface area (Å²) in [5.41, 5.74) is 0.799. The van der Waals surface area contributed by atoms with Crippen LogP contribution in [0.15, 0.2) is 47.7 Å². The smallest absolute Gasteiger partial charge is 0.191 e. The molecule has 0 saturated heterocycles. The van der Waals surface area contributed by atoms with E-state index >= 15 is 0 Å². The number of aromatic nitrogens is 1. The van der Waals surface area contributed by atoms with E-state index in [0.717, 1.165) is 5.56 Å². The van der Waals surface area contributed by atoms with Crippen LogP contribution in [-0.4, -0.2) is 24.0 Å². The average molecular weight is 316 g/mol. The fourth-order valence-electron chi connectivity index (χ4n) is 1.93. The van der Waals surface area contributed by atoms with Crippen LogP contribution in [0.25, 0.3) is 0 Å². The standard InChI is InChI=1S/C17H21FN4O/c1-12(2)22-17(19-3)21-10-13-6-7-16(15(18)9-13)23-14-5-4-8-20-11-14/h4-9,11-12H,10H2,1-3H3,(H2,19,21,22). The summed E-state index contributed by atoms with van der Waals surface area (Å²) < 4.78 is 19.6. The average Bonchev–Trinajstić information content (AvgIpc) is 2.54. The van der Waals surface area contributed by atoms with Crippen molar-refractivity contribution in [3.05, 3.63) is 54.1 Å². The van der Waals surface area contributed by atoms with Crippen LogP contribution in [0.3, 0.4) is 0 Å². The van der Waals surface area contributed by atoms with E-state index in [-0.39, 0.29) is 11.8 Å². The molecular weight excluding hydrogens is 295 g/mol. The number of nitrogens with one attached hydrogen (secondary N) is 2. The number of benzene rings is 1. The lowest BCUT2D eigenvalue weighted by Crippen LogP contribution is -2.40. The lowest BCUT2D eigenvalue weighted by Gasteiger charge is -2.14. The third-order valence-corrected chi connectivity index (χ3v) is 2.97. The Morgan fingerprint density at radius 2 is 2.17 bits per heavy atom. The van der Waals surface area contributed by atoms with Gasteiger partial charge in [-0.25, -0.2) is 4.39 Å². The van der Waals surface area contributed by atoms with Crippen LogP contribution in [-0.2, 0) is 6.54 Å². The lowest BCUT2D eigenvalue weighted by molar-refractivity contribution is 0.440. The first-order chi connectivity index (χ1) is 11.1. The van der Waals surface area contributed by atoms with Crippen LogP contribution in [0.2, 0.25) is 0 Å². The highest BCUT2D eigenvalue weighted by atomic mass is 19.1. The first-order valence-corrected chi connectivity index (χ1v) is 7.42. The maximum Gasteiger partial charge on any atom is 0.191 e. The molecule has 0 atom stereocenters. The summed E-state index contributed by atoms with van der Waals surface area (Å²) in [5, 5.41) is 6.31. The highest BCUT2D eigenvalue weighted by Crippen LogP contribution is 2.24. The molecule has 1 aromatic carbocycles. The molecule has 0 unspecified atom stereocenters. The predicted octanol–water partition coefficient (Wildman–Crippen LogP) is 3.09. The zero-order valence-corrected chi connectivity index (χ0v) is 13.5. The second-order valence-electron chi connectivity index (χ2n) is 5.28. The molecule has 0 aliphatic rings. The molecule has 1 aromatic heterocycles. The van der Waals surface area contributed by atoms with Gasteiger partial charge in [0.1, 0.15) is 5.75 Å². The zero-order chi connectivity index (χ0) is 16.7. The number of nitrogens with zero attached hydrogens (tertiary/aromatic N) is 2. The Balaban J connectivity index is 1.99. The first-order valence-electron chi connectivity index (χ1n) is 7.42. The van der Waals surface area contributed by atoms with Gasteiger partial charge in [0.2, 0.25) is 0 Å². The molecular formula is C17H21FN4O. The molecule has 0 aliphatic heterocycles. The Morgan fingerprint density at radius 3 is 2.78 bits per heavy atom. The van der Waals surface area contributed by atoms with Crippen LogP contribution >= 0.6 is 0 Å². The van der Waals surface area contributed by atoms with Crippen molar-refractivity contribution in [1.82, 2.24) is 15.6 Å². The summed E-state index contributed by atoms with van der Waals surface area (Å²) in [4.78, 5) is 8.04. The van der Waals surface area contributed by atoms with Crippen molar-refractivity contribution in [3.8, 4) is 11.5 Å². The van der Waals surface area contributed by atoms with Gasteiger partial charge in [0.15, 0.2) is 17.5 Å². The number of rotatable bonds is 5. The Bertz CT molecular complexity index is 659. The SMILES string of the molecule is CN=C(NCc1ccc(Oc2cccnc2)c(F)c1)NC(C)C. The topological polar surface area (TPSA) is 58.5 Å². The molecule has 6 heteroatoms. The summed E-state index contributed by atoms with van der Waals surface area (Å²) in [5.74, 6) is 0.932. The predicted molar refractivity (Wildman–Crippen MR) is 89.2 cm³/mol. The van der Waals surface area contributed by atoms with Crippen LogP contribution in [0, 0.1) is 5.82 Å². The molecule has 0 radical (unpaired) electrons. The van der Waals surface area contributed by atoms with E-state index in [1.165, 1.54) is 12.3 Å². The van der Waals surface area contributed by atoms with Gasteiger partial charge in [-0.2, -0.15) is 0 Å². The molecule has 2 aromatic rings. The third kappa shape index (κ3) is 5.25. The molecule has 0 spiro atoms. The zero-order valence-electron chi connectivity index (χ0n) is 13.5.